The summed E-state index contributed by atoms with van der Waals surface area (Å²) >= 11 is 0. The van der Waals surface area contributed by atoms with Gasteiger partial charge in [-0.2, -0.15) is 0 Å². The van der Waals surface area contributed by atoms with Gasteiger partial charge in [-0.1, -0.05) is 12.2 Å². The molecule has 1 amide bonds. The first-order valence-corrected chi connectivity index (χ1v) is 11.3. The lowest BCUT2D eigenvalue weighted by atomic mass is 9.82. The summed E-state index contributed by atoms with van der Waals surface area (Å²) in [5.41, 5.74) is 1.03. The number of aryl methyl sites for hydroxylation is 2. The highest BCUT2D eigenvalue weighted by molar-refractivity contribution is 7.92. The van der Waals surface area contributed by atoms with Crippen molar-refractivity contribution < 1.29 is 23.1 Å². The van der Waals surface area contributed by atoms with Crippen LogP contribution in [0.3, 0.4) is 0 Å². The smallest absolute Gasteiger partial charge is 0.307 e. The van der Waals surface area contributed by atoms with Gasteiger partial charge in [-0.05, 0) is 56.4 Å². The third kappa shape index (κ3) is 4.15. The van der Waals surface area contributed by atoms with E-state index in [2.05, 4.69) is 20.0 Å². The first-order chi connectivity index (χ1) is 14.6. The molecule has 2 aromatic rings. The van der Waals surface area contributed by atoms with E-state index < -0.39 is 27.8 Å². The van der Waals surface area contributed by atoms with E-state index in [1.54, 1.807) is 13.8 Å². The fourth-order valence-corrected chi connectivity index (χ4v) is 5.42. The van der Waals surface area contributed by atoms with Gasteiger partial charge in [-0.3, -0.25) is 14.3 Å². The van der Waals surface area contributed by atoms with Crippen LogP contribution in [0, 0.1) is 37.5 Å². The fourth-order valence-electron chi connectivity index (χ4n) is 4.43. The largest absolute Gasteiger partial charge is 0.481 e. The molecule has 4 rings (SSSR count). The molecule has 31 heavy (non-hydrogen) atoms. The van der Waals surface area contributed by atoms with Crippen LogP contribution in [0.15, 0.2) is 47.4 Å². The van der Waals surface area contributed by atoms with Crippen molar-refractivity contribution >= 4 is 33.4 Å². The van der Waals surface area contributed by atoms with E-state index in [9.17, 15) is 23.1 Å². The Morgan fingerprint density at radius 2 is 1.68 bits per heavy atom. The molecule has 0 unspecified atom stereocenters. The molecular weight excluding hydrogens is 420 g/mol. The van der Waals surface area contributed by atoms with Crippen molar-refractivity contribution in [3.63, 3.8) is 0 Å². The number of aromatic nitrogens is 2. The lowest BCUT2D eigenvalue weighted by Crippen LogP contribution is -2.36. The van der Waals surface area contributed by atoms with Gasteiger partial charge in [-0.25, -0.2) is 18.4 Å². The summed E-state index contributed by atoms with van der Waals surface area (Å²) in [6, 6.07) is 7.22. The van der Waals surface area contributed by atoms with Crippen LogP contribution in [0.1, 0.15) is 17.9 Å². The van der Waals surface area contributed by atoms with Crippen LogP contribution >= 0.6 is 0 Å². The molecule has 0 aliphatic heterocycles. The molecule has 1 aromatic heterocycles. The second kappa shape index (κ2) is 7.77. The number of carbonyl (C=O) groups excluding carboxylic acids is 1. The van der Waals surface area contributed by atoms with Crippen LogP contribution in [-0.4, -0.2) is 35.4 Å². The van der Waals surface area contributed by atoms with Crippen molar-refractivity contribution in [3.8, 4) is 0 Å². The second-order valence-electron chi connectivity index (χ2n) is 7.90. The molecular formula is C21H22N4O5S. The number of hydrogen-bond acceptors (Lipinski definition) is 6. The number of amides is 1. The van der Waals surface area contributed by atoms with Crippen LogP contribution in [0.5, 0.6) is 0 Å². The van der Waals surface area contributed by atoms with Crippen LogP contribution < -0.4 is 10.0 Å². The Morgan fingerprint density at radius 1 is 1.03 bits per heavy atom. The zero-order valence-electron chi connectivity index (χ0n) is 16.9. The maximum absolute atomic E-state index is 12.8. The van der Waals surface area contributed by atoms with Crippen molar-refractivity contribution in [2.24, 2.45) is 23.7 Å². The lowest BCUT2D eigenvalue weighted by Gasteiger charge is -2.23. The normalized spacial score (nSPS) is 24.2. The molecule has 10 heteroatoms. The van der Waals surface area contributed by atoms with Crippen molar-refractivity contribution in [2.75, 3.05) is 10.0 Å². The van der Waals surface area contributed by atoms with Gasteiger partial charge in [0, 0.05) is 17.4 Å². The summed E-state index contributed by atoms with van der Waals surface area (Å²) in [5, 5.41) is 12.2. The van der Waals surface area contributed by atoms with E-state index >= 15 is 0 Å². The Kier molecular flexibility index (Phi) is 5.26. The minimum atomic E-state index is -3.87. The van der Waals surface area contributed by atoms with E-state index in [4.69, 9.17) is 0 Å². The molecule has 4 atom stereocenters. The quantitative estimate of drug-likeness (QED) is 0.584. The monoisotopic (exact) mass is 442 g/mol. The molecule has 0 radical (unpaired) electrons. The Labute approximate surface area is 179 Å². The Bertz CT molecular complexity index is 1160. The van der Waals surface area contributed by atoms with Gasteiger partial charge in [0.05, 0.1) is 16.7 Å². The molecule has 2 bridgehead atoms. The molecule has 3 N–H and O–H groups in total. The summed E-state index contributed by atoms with van der Waals surface area (Å²) in [7, 11) is -3.87. The highest BCUT2D eigenvalue weighted by atomic mass is 32.2. The zero-order chi connectivity index (χ0) is 22.3. The number of nitrogens with zero attached hydrogens (tertiary/aromatic N) is 2. The Hall–Kier alpha value is -3.27. The zero-order valence-corrected chi connectivity index (χ0v) is 17.8. The van der Waals surface area contributed by atoms with Crippen molar-refractivity contribution in [2.45, 2.75) is 25.2 Å². The minimum Gasteiger partial charge on any atom is -0.481 e. The number of fused-ring (bicyclic) bond motifs is 2. The second-order valence-corrected chi connectivity index (χ2v) is 9.58. The predicted molar refractivity (Wildman–Crippen MR) is 113 cm³/mol. The summed E-state index contributed by atoms with van der Waals surface area (Å²) in [4.78, 5) is 32.6. The van der Waals surface area contributed by atoms with Crippen LogP contribution in [0.2, 0.25) is 0 Å². The topological polar surface area (TPSA) is 138 Å². The standard InChI is InChI=1S/C21H22N4O5S/c1-11-9-17(23-12(2)22-11)25-31(29,30)16-7-5-15(6-8-16)24-20(26)18-13-3-4-14(10-13)19(18)21(27)28/h3-9,13-14,18-19H,10H2,1-2H3,(H,24,26)(H,27,28)(H,22,23,25)/t13-,14-,18-,19-/m0/s1. The van der Waals surface area contributed by atoms with Crippen LogP contribution in [-0.2, 0) is 19.6 Å². The number of nitrogens with one attached hydrogen (secondary N) is 2. The van der Waals surface area contributed by atoms with Crippen molar-refractivity contribution in [3.05, 3.63) is 54.0 Å². The maximum Gasteiger partial charge on any atom is 0.307 e. The first-order valence-electron chi connectivity index (χ1n) is 9.81. The van der Waals surface area contributed by atoms with Gasteiger partial charge in [0.1, 0.15) is 11.6 Å². The number of carbonyl (C=O) groups is 2. The van der Waals surface area contributed by atoms with Gasteiger partial charge in [-0.15, -0.1) is 0 Å². The number of allylic oxidation sites excluding steroid dienone is 2. The number of benzene rings is 1. The van der Waals surface area contributed by atoms with Crippen molar-refractivity contribution in [1.29, 1.82) is 0 Å². The SMILES string of the molecule is Cc1cc(NS(=O)(=O)c2ccc(NC(=O)[C@@H]3[C@@H](C(=O)O)[C@H]4C=C[C@H]3C4)cc2)nc(C)n1. The molecule has 2 aliphatic carbocycles. The number of carboxylic acid groups (broad SMARTS) is 1. The van der Waals surface area contributed by atoms with Gasteiger partial charge in [0.15, 0.2) is 0 Å². The lowest BCUT2D eigenvalue weighted by molar-refractivity contribution is -0.146. The first kappa shape index (κ1) is 21.0. The number of sulfonamides is 1. The van der Waals surface area contributed by atoms with E-state index in [1.807, 2.05) is 12.2 Å². The third-order valence-electron chi connectivity index (χ3n) is 5.68. The van der Waals surface area contributed by atoms with Gasteiger partial charge < -0.3 is 10.4 Å². The van der Waals surface area contributed by atoms with Gasteiger partial charge >= 0.3 is 5.97 Å². The molecule has 2 aliphatic rings. The average molecular weight is 442 g/mol. The number of aliphatic carboxylic acids is 1. The summed E-state index contributed by atoms with van der Waals surface area (Å²) < 4.78 is 27.7. The van der Waals surface area contributed by atoms with E-state index in [1.165, 1.54) is 30.3 Å². The maximum atomic E-state index is 12.8. The number of hydrogen-bond donors (Lipinski definition) is 3. The van der Waals surface area contributed by atoms with Gasteiger partial charge in [0.2, 0.25) is 5.91 Å². The molecule has 162 valence electrons. The average Bonchev–Trinajstić information content (AvgIpc) is 3.28. The fraction of sp³-hybridized carbons (Fsp3) is 0.333. The van der Waals surface area contributed by atoms with Crippen LogP contribution in [0.25, 0.3) is 0 Å². The Morgan fingerprint density at radius 3 is 2.29 bits per heavy atom. The molecule has 1 heterocycles. The molecule has 1 fully saturated rings. The highest BCUT2D eigenvalue weighted by Gasteiger charge is 2.51. The summed E-state index contributed by atoms with van der Waals surface area (Å²) in [6.45, 7) is 3.41. The number of rotatable bonds is 6. The van der Waals surface area contributed by atoms with Gasteiger partial charge in [0.25, 0.3) is 10.0 Å². The predicted octanol–water partition coefficient (Wildman–Crippen LogP) is 2.36. The van der Waals surface area contributed by atoms with E-state index in [0.717, 1.165) is 0 Å². The third-order valence-corrected chi connectivity index (χ3v) is 7.05. The van der Waals surface area contributed by atoms with E-state index in [0.29, 0.717) is 23.6 Å². The van der Waals surface area contributed by atoms with E-state index in [-0.39, 0.29) is 28.5 Å². The molecule has 0 saturated heterocycles. The number of carboxylic acids is 1. The Balaban J connectivity index is 1.47. The van der Waals surface area contributed by atoms with Crippen LogP contribution in [0.4, 0.5) is 11.5 Å². The summed E-state index contributed by atoms with van der Waals surface area (Å²) in [6.07, 6.45) is 4.45. The molecule has 9 nitrogen and oxygen atoms in total. The number of anilines is 2. The van der Waals surface area contributed by atoms with Crippen molar-refractivity contribution in [1.82, 2.24) is 9.97 Å². The highest BCUT2D eigenvalue weighted by Crippen LogP contribution is 2.48. The molecule has 1 saturated carbocycles. The molecule has 0 spiro atoms. The summed E-state index contributed by atoms with van der Waals surface area (Å²) in [5.74, 6) is -2.30. The minimum absolute atomic E-state index is 0.00527. The molecule has 1 aromatic carbocycles.